The van der Waals surface area contributed by atoms with Crippen molar-refractivity contribution in [3.8, 4) is 0 Å². The minimum Gasteiger partial charge on any atom is -0.174 e. The highest BCUT2D eigenvalue weighted by molar-refractivity contribution is 5.64. The van der Waals surface area contributed by atoms with Crippen molar-refractivity contribution in [2.45, 2.75) is 98.3 Å². The van der Waals surface area contributed by atoms with E-state index in [4.69, 9.17) is 0 Å². The lowest BCUT2D eigenvalue weighted by molar-refractivity contribution is 0.321. The molecule has 0 aliphatic heterocycles. The van der Waals surface area contributed by atoms with Gasteiger partial charge in [-0.15, -0.1) is 0 Å². The second-order valence-corrected chi connectivity index (χ2v) is 10.2. The van der Waals surface area contributed by atoms with Gasteiger partial charge >= 0.3 is 0 Å². The molecule has 2 fully saturated rings. The fourth-order valence-corrected chi connectivity index (χ4v) is 5.89. The molecule has 1 aromatic carbocycles. The standard InChI is InChI=1S/C28H40F2/c1-18-6-8-23(9-7-18)12-16-26-19(2)21(4)28(22(5)20(26)3)25-14-10-24(11-15-25)13-17-27(29)30/h12,16-18,23-25H,6-11,13-15H2,1-5H3. The molecule has 2 aliphatic carbocycles. The third-order valence-corrected chi connectivity index (χ3v) is 8.20. The molecule has 0 heterocycles. The van der Waals surface area contributed by atoms with Gasteiger partial charge in [0.25, 0.3) is 6.08 Å². The molecular formula is C28H40F2. The maximum absolute atomic E-state index is 12.4. The van der Waals surface area contributed by atoms with Gasteiger partial charge in [0.15, 0.2) is 0 Å². The quantitative estimate of drug-likeness (QED) is 0.450. The Bertz CT molecular complexity index is 752. The predicted octanol–water partition coefficient (Wildman–Crippen LogP) is 9.20. The number of halogens is 2. The number of hydrogen-bond acceptors (Lipinski definition) is 0. The predicted molar refractivity (Wildman–Crippen MR) is 125 cm³/mol. The van der Waals surface area contributed by atoms with Crippen LogP contribution in [-0.4, -0.2) is 0 Å². The molecule has 0 aromatic heterocycles. The zero-order chi connectivity index (χ0) is 21.8. The first-order chi connectivity index (χ1) is 14.3. The summed E-state index contributed by atoms with van der Waals surface area (Å²) in [5.41, 5.74) is 8.72. The summed E-state index contributed by atoms with van der Waals surface area (Å²) in [6.07, 6.45) is 14.8. The van der Waals surface area contributed by atoms with Crippen molar-refractivity contribution in [3.63, 3.8) is 0 Å². The minimum absolute atomic E-state index is 0.422. The van der Waals surface area contributed by atoms with Crippen LogP contribution < -0.4 is 0 Å². The van der Waals surface area contributed by atoms with Crippen LogP contribution in [0.3, 0.4) is 0 Å². The summed E-state index contributed by atoms with van der Waals surface area (Å²) >= 11 is 0. The maximum atomic E-state index is 12.4. The van der Waals surface area contributed by atoms with Crippen LogP contribution in [0.5, 0.6) is 0 Å². The first-order valence-corrected chi connectivity index (χ1v) is 12.1. The summed E-state index contributed by atoms with van der Waals surface area (Å²) < 4.78 is 24.8. The second-order valence-electron chi connectivity index (χ2n) is 10.2. The molecule has 2 heteroatoms. The van der Waals surface area contributed by atoms with Crippen molar-refractivity contribution in [3.05, 3.63) is 51.6 Å². The van der Waals surface area contributed by atoms with Crippen molar-refractivity contribution < 1.29 is 8.78 Å². The molecule has 30 heavy (non-hydrogen) atoms. The molecule has 2 saturated carbocycles. The second kappa shape index (κ2) is 10.2. The van der Waals surface area contributed by atoms with E-state index in [9.17, 15) is 8.78 Å². The Hall–Kier alpha value is -1.44. The van der Waals surface area contributed by atoms with Crippen molar-refractivity contribution in [1.29, 1.82) is 0 Å². The largest absolute Gasteiger partial charge is 0.266 e. The van der Waals surface area contributed by atoms with Gasteiger partial charge in [-0.3, -0.25) is 0 Å². The Kier molecular flexibility index (Phi) is 7.93. The third kappa shape index (κ3) is 5.42. The summed E-state index contributed by atoms with van der Waals surface area (Å²) in [6, 6.07) is 0. The highest BCUT2D eigenvalue weighted by atomic mass is 19.3. The average molecular weight is 415 g/mol. The average Bonchev–Trinajstić information content (AvgIpc) is 2.73. The van der Waals surface area contributed by atoms with Crippen LogP contribution in [0.1, 0.15) is 104 Å². The van der Waals surface area contributed by atoms with Gasteiger partial charge in [-0.2, -0.15) is 8.78 Å². The van der Waals surface area contributed by atoms with Crippen LogP contribution >= 0.6 is 0 Å². The molecule has 0 N–H and O–H groups in total. The van der Waals surface area contributed by atoms with E-state index in [1.54, 1.807) is 5.56 Å². The molecule has 3 rings (SSSR count). The van der Waals surface area contributed by atoms with Crippen LogP contribution in [0, 0.1) is 45.4 Å². The highest BCUT2D eigenvalue weighted by Crippen LogP contribution is 2.42. The number of benzene rings is 1. The zero-order valence-corrected chi connectivity index (χ0v) is 19.7. The van der Waals surface area contributed by atoms with Crippen molar-refractivity contribution in [1.82, 2.24) is 0 Å². The van der Waals surface area contributed by atoms with E-state index < -0.39 is 6.08 Å². The first-order valence-electron chi connectivity index (χ1n) is 12.1. The Morgan fingerprint density at radius 1 is 0.800 bits per heavy atom. The van der Waals surface area contributed by atoms with Gasteiger partial charge in [0.1, 0.15) is 0 Å². The topological polar surface area (TPSA) is 0 Å². The van der Waals surface area contributed by atoms with E-state index in [1.165, 1.54) is 53.5 Å². The smallest absolute Gasteiger partial charge is 0.174 e. The van der Waals surface area contributed by atoms with Gasteiger partial charge in [-0.1, -0.05) is 31.9 Å². The van der Waals surface area contributed by atoms with Gasteiger partial charge in [0, 0.05) is 0 Å². The fourth-order valence-electron chi connectivity index (χ4n) is 5.89. The molecule has 0 saturated heterocycles. The van der Waals surface area contributed by atoms with Crippen LogP contribution in [0.15, 0.2) is 18.2 Å². The summed E-state index contributed by atoms with van der Waals surface area (Å²) in [7, 11) is 0. The zero-order valence-electron chi connectivity index (χ0n) is 19.7. The molecule has 1 aromatic rings. The summed E-state index contributed by atoms with van der Waals surface area (Å²) in [6.45, 7) is 11.5. The maximum Gasteiger partial charge on any atom is 0.266 e. The summed E-state index contributed by atoms with van der Waals surface area (Å²) in [4.78, 5) is 0. The first kappa shape index (κ1) is 23.2. The van der Waals surface area contributed by atoms with Crippen LogP contribution in [0.25, 0.3) is 6.08 Å². The van der Waals surface area contributed by atoms with E-state index in [2.05, 4.69) is 46.8 Å². The normalized spacial score (nSPS) is 27.4. The molecule has 0 radical (unpaired) electrons. The van der Waals surface area contributed by atoms with Crippen molar-refractivity contribution in [2.75, 3.05) is 0 Å². The molecule has 2 aliphatic rings. The highest BCUT2D eigenvalue weighted by Gasteiger charge is 2.26. The van der Waals surface area contributed by atoms with E-state index >= 15 is 0 Å². The third-order valence-electron chi connectivity index (χ3n) is 8.20. The minimum atomic E-state index is -1.53. The van der Waals surface area contributed by atoms with Gasteiger partial charge in [-0.05, 0) is 136 Å². The molecular weight excluding hydrogens is 374 g/mol. The lowest BCUT2D eigenvalue weighted by Gasteiger charge is -2.32. The number of rotatable bonds is 5. The Balaban J connectivity index is 1.76. The van der Waals surface area contributed by atoms with Gasteiger partial charge < -0.3 is 0 Å². The van der Waals surface area contributed by atoms with Gasteiger partial charge in [0.2, 0.25) is 0 Å². The van der Waals surface area contributed by atoms with Crippen LogP contribution in [0.2, 0.25) is 0 Å². The fraction of sp³-hybridized carbons (Fsp3) is 0.643. The Labute approximate surface area is 182 Å². The van der Waals surface area contributed by atoms with Crippen LogP contribution in [0.4, 0.5) is 8.78 Å². The van der Waals surface area contributed by atoms with Crippen molar-refractivity contribution in [2.24, 2.45) is 17.8 Å². The molecule has 0 nitrogen and oxygen atoms in total. The lowest BCUT2D eigenvalue weighted by atomic mass is 9.73. The molecule has 166 valence electrons. The molecule has 0 atom stereocenters. The van der Waals surface area contributed by atoms with Crippen LogP contribution in [-0.2, 0) is 0 Å². The molecule has 0 spiro atoms. The van der Waals surface area contributed by atoms with E-state index in [1.807, 2.05) is 0 Å². The molecule has 0 amide bonds. The lowest BCUT2D eigenvalue weighted by Crippen LogP contribution is -2.16. The summed E-state index contributed by atoms with van der Waals surface area (Å²) in [5, 5.41) is 0. The Morgan fingerprint density at radius 3 is 1.90 bits per heavy atom. The van der Waals surface area contributed by atoms with Gasteiger partial charge in [-0.25, -0.2) is 0 Å². The monoisotopic (exact) mass is 414 g/mol. The van der Waals surface area contributed by atoms with Crippen molar-refractivity contribution >= 4 is 6.08 Å². The number of allylic oxidation sites excluding steroid dienone is 2. The van der Waals surface area contributed by atoms with Gasteiger partial charge in [0.05, 0.1) is 0 Å². The van der Waals surface area contributed by atoms with E-state index in [-0.39, 0.29) is 0 Å². The van der Waals surface area contributed by atoms with E-state index in [0.717, 1.165) is 43.6 Å². The molecule has 0 unspecified atom stereocenters. The van der Waals surface area contributed by atoms with E-state index in [0.29, 0.717) is 18.3 Å². The number of hydrogen-bond donors (Lipinski definition) is 0. The SMILES string of the molecule is Cc1c(C)c(C2CCC(CC=C(F)F)CC2)c(C)c(C)c1C=CC1CCC(C)CC1. The summed E-state index contributed by atoms with van der Waals surface area (Å²) in [5.74, 6) is 2.63. The molecule has 0 bridgehead atoms. The Morgan fingerprint density at radius 2 is 1.37 bits per heavy atom.